The van der Waals surface area contributed by atoms with Crippen molar-refractivity contribution in [2.45, 2.75) is 27.7 Å². The topological polar surface area (TPSA) is 13.0 Å². The molecule has 0 N–H and O–H groups in total. The summed E-state index contributed by atoms with van der Waals surface area (Å²) in [7, 11) is 0. The van der Waals surface area contributed by atoms with Gasteiger partial charge in [-0.15, -0.1) is 0 Å². The van der Waals surface area contributed by atoms with Crippen LogP contribution in [0.5, 0.6) is 0 Å². The Labute approximate surface area is 634 Å². The maximum Gasteiger partial charge on any atom is 0.248 e. The maximum atomic E-state index is 2.45. The first-order valence-electron chi connectivity index (χ1n) is 38.0. The van der Waals surface area contributed by atoms with E-state index in [1.54, 1.807) is 0 Å². The lowest BCUT2D eigenvalue weighted by Crippen LogP contribution is -2.55. The molecule has 108 heavy (non-hydrogen) atoms. The Morgan fingerprint density at radius 2 is 0.481 bits per heavy atom. The van der Waals surface area contributed by atoms with Gasteiger partial charge in [0.2, 0.25) is 26.9 Å². The molecule has 8 heterocycles. The number of hydrogen-bond donors (Lipinski definition) is 0. The molecule has 0 saturated carbocycles. The van der Waals surface area contributed by atoms with Gasteiger partial charge < -0.3 is 19.6 Å². The summed E-state index contributed by atoms with van der Waals surface area (Å²) >= 11 is 0. The Kier molecular flexibility index (Phi) is 14.9. The van der Waals surface area contributed by atoms with Crippen LogP contribution in [0.15, 0.2) is 364 Å². The predicted octanol–water partition coefficient (Wildman–Crippen LogP) is 17.1. The number of rotatable bonds is 4. The molecular formula is C100H72B4N4. The van der Waals surface area contributed by atoms with Crippen molar-refractivity contribution >= 4 is 161 Å². The summed E-state index contributed by atoms with van der Waals surface area (Å²) in [4.78, 5) is 9.74. The summed E-state index contributed by atoms with van der Waals surface area (Å²) in [6.45, 7) is 10.1. The second-order valence-corrected chi connectivity index (χ2v) is 29.9. The zero-order valence-corrected chi connectivity index (χ0v) is 60.7. The molecule has 0 amide bonds. The molecule has 0 radical (unpaired) electrons. The number of para-hydroxylation sites is 5. The summed E-state index contributed by atoms with van der Waals surface area (Å²) in [6, 6.07) is 133. The van der Waals surface area contributed by atoms with E-state index in [1.165, 1.54) is 201 Å². The van der Waals surface area contributed by atoms with Gasteiger partial charge in [0, 0.05) is 68.2 Å². The second kappa shape index (κ2) is 25.4. The van der Waals surface area contributed by atoms with Crippen LogP contribution >= 0.6 is 0 Å². The third-order valence-corrected chi connectivity index (χ3v) is 23.9. The smallest absolute Gasteiger partial charge is 0.248 e. The molecule has 0 aliphatic carbocycles. The van der Waals surface area contributed by atoms with Crippen LogP contribution in [0.4, 0.5) is 68.2 Å². The minimum Gasteiger partial charge on any atom is -0.312 e. The molecule has 0 saturated heterocycles. The second-order valence-electron chi connectivity index (χ2n) is 29.9. The molecule has 24 rings (SSSR count). The molecule has 16 aromatic rings. The Morgan fingerprint density at radius 1 is 0.176 bits per heavy atom. The van der Waals surface area contributed by atoms with Gasteiger partial charge in [-0.3, -0.25) is 0 Å². The molecule has 0 spiro atoms. The van der Waals surface area contributed by atoms with Crippen LogP contribution in [0.3, 0.4) is 0 Å². The number of aryl methyl sites for hydroxylation is 4. The largest absolute Gasteiger partial charge is 0.312 e. The minimum atomic E-state index is 0.322. The highest BCUT2D eigenvalue weighted by molar-refractivity contribution is 7.03. The molecule has 504 valence electrons. The molecule has 8 heteroatoms. The van der Waals surface area contributed by atoms with Crippen LogP contribution in [-0.4, -0.2) is 26.9 Å². The molecule has 8 aliphatic heterocycles. The fourth-order valence-corrected chi connectivity index (χ4v) is 19.6. The summed E-state index contributed by atoms with van der Waals surface area (Å²) in [5.74, 6) is 0. The van der Waals surface area contributed by atoms with Crippen LogP contribution in [0.2, 0.25) is 0 Å². The van der Waals surface area contributed by atoms with Crippen molar-refractivity contribution in [2.75, 3.05) is 19.6 Å². The first kappa shape index (κ1) is 63.5. The van der Waals surface area contributed by atoms with Gasteiger partial charge in [-0.2, -0.15) is 0 Å². The SMILES string of the molecule is Cc1ccc2c(c1)B1c3ccccc3-c3cccc(c31)N2c1ccccc1.Cc1ccc2c(c1)N(c1ccccc1)c1cccc3c1B2c1ccccc1-3.Cc1cccc2c1B1c3ccccc3-c3cccc(c31)N2c1ccccc1.Cc1cccc2c1N(c1ccccc1)c1cccc3c1B2c1ccccc1-3. The average molecular weight is 1370 g/mol. The Morgan fingerprint density at radius 3 is 0.954 bits per heavy atom. The van der Waals surface area contributed by atoms with E-state index in [0.717, 1.165) is 0 Å². The highest BCUT2D eigenvalue weighted by Crippen LogP contribution is 2.46. The number of hydrogen-bond acceptors (Lipinski definition) is 4. The first-order chi connectivity index (χ1) is 53.3. The van der Waals surface area contributed by atoms with Gasteiger partial charge in [0.15, 0.2) is 0 Å². The van der Waals surface area contributed by atoms with E-state index in [1.807, 2.05) is 0 Å². The standard InChI is InChI=1S/4C25H18BN/c1-17-9-7-15-22-25(17)27(18-10-3-2-4-11-18)23-16-8-13-20-19-12-5-6-14-21(19)26(22)24(20)23;1-17-9-7-15-22-24(17)26-21-14-6-5-12-19(21)20-13-8-16-23(25(20)26)27(22)18-10-3-2-4-11-18;1-17-14-15-23-22(16-17)26-21-12-6-5-10-19(21)20-11-7-13-24(25(20)26)27(23)18-8-3-2-4-9-18;1-17-14-15-22-24(16-17)27(18-8-3-2-4-9-18)23-13-7-11-20-19-10-5-6-12-21(19)26(22)25(20)23/h4*2-16H,1H3. The Balaban J connectivity index is 0.0000000919. The van der Waals surface area contributed by atoms with Gasteiger partial charge in [-0.1, -0.05) is 306 Å². The zero-order chi connectivity index (χ0) is 71.8. The number of benzene rings is 16. The predicted molar refractivity (Wildman–Crippen MR) is 464 cm³/mol. The van der Waals surface area contributed by atoms with Gasteiger partial charge in [-0.05, 0) is 218 Å². The average Bonchev–Trinajstić information content (AvgIpc) is 1.54. The van der Waals surface area contributed by atoms with Crippen molar-refractivity contribution in [3.05, 3.63) is 386 Å². The zero-order valence-electron chi connectivity index (χ0n) is 60.7. The molecule has 16 aromatic carbocycles. The van der Waals surface area contributed by atoms with Gasteiger partial charge >= 0.3 is 0 Å². The van der Waals surface area contributed by atoms with Crippen molar-refractivity contribution in [1.29, 1.82) is 0 Å². The van der Waals surface area contributed by atoms with Crippen molar-refractivity contribution in [3.63, 3.8) is 0 Å². The summed E-state index contributed by atoms with van der Waals surface area (Å²) in [5, 5.41) is 0. The third-order valence-electron chi connectivity index (χ3n) is 23.9. The lowest BCUT2D eigenvalue weighted by atomic mass is 9.36. The third kappa shape index (κ3) is 9.69. The van der Waals surface area contributed by atoms with Crippen LogP contribution in [0, 0.1) is 27.7 Å². The quantitative estimate of drug-likeness (QED) is 0.163. The molecule has 8 aliphatic rings. The van der Waals surface area contributed by atoms with E-state index in [0.29, 0.717) is 26.9 Å². The summed E-state index contributed by atoms with van der Waals surface area (Å²) in [6.07, 6.45) is 0. The molecule has 0 atom stereocenters. The fourth-order valence-electron chi connectivity index (χ4n) is 19.6. The monoisotopic (exact) mass is 1370 g/mol. The van der Waals surface area contributed by atoms with Crippen LogP contribution < -0.4 is 85.2 Å². The van der Waals surface area contributed by atoms with E-state index in [9.17, 15) is 0 Å². The molecular weight excluding hydrogens is 1300 g/mol. The normalized spacial score (nSPS) is 13.2. The van der Waals surface area contributed by atoms with Crippen molar-refractivity contribution in [2.24, 2.45) is 0 Å². The molecule has 0 aromatic heterocycles. The lowest BCUT2D eigenvalue weighted by molar-refractivity contribution is 1.26. The van der Waals surface area contributed by atoms with Crippen LogP contribution in [-0.2, 0) is 0 Å². The fraction of sp³-hybridized carbons (Fsp3) is 0.0400. The first-order valence-corrected chi connectivity index (χ1v) is 38.0. The number of fused-ring (bicyclic) bond motifs is 20. The molecule has 0 fully saturated rings. The molecule has 0 bridgehead atoms. The van der Waals surface area contributed by atoms with Gasteiger partial charge in [-0.25, -0.2) is 0 Å². The number of nitrogens with zero attached hydrogens (tertiary/aromatic N) is 4. The lowest BCUT2D eigenvalue weighted by Gasteiger charge is -2.37. The molecule has 4 nitrogen and oxygen atoms in total. The highest BCUT2D eigenvalue weighted by Gasteiger charge is 2.47. The Hall–Kier alpha value is -13.0. The van der Waals surface area contributed by atoms with Crippen molar-refractivity contribution < 1.29 is 0 Å². The minimum absolute atomic E-state index is 0.322. The van der Waals surface area contributed by atoms with Crippen LogP contribution in [0.25, 0.3) is 44.5 Å². The van der Waals surface area contributed by atoms with Crippen molar-refractivity contribution in [3.8, 4) is 44.5 Å². The van der Waals surface area contributed by atoms with Gasteiger partial charge in [0.05, 0.1) is 0 Å². The van der Waals surface area contributed by atoms with E-state index >= 15 is 0 Å². The maximum absolute atomic E-state index is 2.45. The van der Waals surface area contributed by atoms with Crippen LogP contribution in [0.1, 0.15) is 22.3 Å². The van der Waals surface area contributed by atoms with E-state index in [-0.39, 0.29) is 0 Å². The van der Waals surface area contributed by atoms with Gasteiger partial charge in [0.1, 0.15) is 0 Å². The highest BCUT2D eigenvalue weighted by atomic mass is 15.2. The van der Waals surface area contributed by atoms with Crippen molar-refractivity contribution in [1.82, 2.24) is 0 Å². The molecule has 0 unspecified atom stereocenters. The number of anilines is 12. The summed E-state index contributed by atoms with van der Waals surface area (Å²) in [5.41, 5.74) is 48.7. The van der Waals surface area contributed by atoms with Gasteiger partial charge in [0.25, 0.3) is 0 Å². The Bertz CT molecular complexity index is 6130. The van der Waals surface area contributed by atoms with E-state index < -0.39 is 0 Å². The van der Waals surface area contributed by atoms with E-state index in [4.69, 9.17) is 0 Å². The van der Waals surface area contributed by atoms with E-state index in [2.05, 4.69) is 411 Å². The summed E-state index contributed by atoms with van der Waals surface area (Å²) < 4.78 is 0.